The molecule has 3 unspecified atom stereocenters. The fourth-order valence-electron chi connectivity index (χ4n) is 1.88. The summed E-state index contributed by atoms with van der Waals surface area (Å²) in [6.45, 7) is 3.16. The average molecular weight is 187 g/mol. The zero-order valence-electron chi connectivity index (χ0n) is 7.58. The molecular formula is C9H17NOS. The van der Waals surface area contributed by atoms with Gasteiger partial charge in [0.2, 0.25) is 0 Å². The van der Waals surface area contributed by atoms with Crippen LogP contribution in [0, 0.1) is 0 Å². The van der Waals surface area contributed by atoms with Gasteiger partial charge in [0.1, 0.15) is 6.23 Å². The number of ether oxygens (including phenoxy) is 1. The Morgan fingerprint density at radius 2 is 2.50 bits per heavy atom. The highest BCUT2D eigenvalue weighted by Gasteiger charge is 2.25. The van der Waals surface area contributed by atoms with Gasteiger partial charge in [-0.3, -0.25) is 5.32 Å². The molecule has 2 aliphatic rings. The van der Waals surface area contributed by atoms with Gasteiger partial charge in [0, 0.05) is 11.8 Å². The van der Waals surface area contributed by atoms with Crippen molar-refractivity contribution in [2.24, 2.45) is 0 Å². The smallest absolute Gasteiger partial charge is 0.109 e. The molecule has 0 spiro atoms. The highest BCUT2D eigenvalue weighted by atomic mass is 32.2. The number of rotatable bonds is 2. The topological polar surface area (TPSA) is 21.3 Å². The van der Waals surface area contributed by atoms with Crippen molar-refractivity contribution >= 4 is 11.8 Å². The molecule has 0 aromatic rings. The third-order valence-corrected chi connectivity index (χ3v) is 3.95. The van der Waals surface area contributed by atoms with Gasteiger partial charge in [0.15, 0.2) is 0 Å². The van der Waals surface area contributed by atoms with Crippen molar-refractivity contribution in [1.82, 2.24) is 5.32 Å². The van der Waals surface area contributed by atoms with Crippen molar-refractivity contribution in [1.29, 1.82) is 0 Å². The van der Waals surface area contributed by atoms with E-state index in [1.807, 2.05) is 0 Å². The lowest BCUT2D eigenvalue weighted by molar-refractivity contribution is 0.0461. The summed E-state index contributed by atoms with van der Waals surface area (Å²) in [6.07, 6.45) is 4.75. The van der Waals surface area contributed by atoms with Crippen LogP contribution in [-0.2, 0) is 4.74 Å². The molecule has 2 rings (SSSR count). The molecule has 2 saturated heterocycles. The number of thioether (sulfide) groups is 1. The van der Waals surface area contributed by atoms with E-state index >= 15 is 0 Å². The molecule has 1 N–H and O–H groups in total. The number of hydrogen-bond donors (Lipinski definition) is 1. The molecule has 2 fully saturated rings. The summed E-state index contributed by atoms with van der Waals surface area (Å²) < 4.78 is 5.70. The summed E-state index contributed by atoms with van der Waals surface area (Å²) >= 11 is 2.11. The summed E-state index contributed by atoms with van der Waals surface area (Å²) in [5.41, 5.74) is 0. The van der Waals surface area contributed by atoms with E-state index in [0.29, 0.717) is 12.3 Å². The monoisotopic (exact) mass is 187 g/mol. The maximum Gasteiger partial charge on any atom is 0.109 e. The lowest BCUT2D eigenvalue weighted by Gasteiger charge is -2.14. The second-order valence-electron chi connectivity index (χ2n) is 3.71. The predicted molar refractivity (Wildman–Crippen MR) is 52.4 cm³/mol. The summed E-state index contributed by atoms with van der Waals surface area (Å²) in [7, 11) is 0. The van der Waals surface area contributed by atoms with Crippen molar-refractivity contribution < 1.29 is 4.74 Å². The minimum absolute atomic E-state index is 0.343. The van der Waals surface area contributed by atoms with Gasteiger partial charge < -0.3 is 4.74 Å². The van der Waals surface area contributed by atoms with Crippen LogP contribution in [0.25, 0.3) is 0 Å². The van der Waals surface area contributed by atoms with Gasteiger partial charge in [-0.1, -0.05) is 0 Å². The fraction of sp³-hybridized carbons (Fsp3) is 1.00. The van der Waals surface area contributed by atoms with Gasteiger partial charge in [0.25, 0.3) is 0 Å². The molecule has 0 aromatic carbocycles. The van der Waals surface area contributed by atoms with Gasteiger partial charge >= 0.3 is 0 Å². The zero-order valence-corrected chi connectivity index (χ0v) is 8.40. The van der Waals surface area contributed by atoms with Crippen LogP contribution in [0.2, 0.25) is 0 Å². The van der Waals surface area contributed by atoms with Crippen LogP contribution in [0.4, 0.5) is 0 Å². The van der Waals surface area contributed by atoms with Gasteiger partial charge in [-0.2, -0.15) is 11.8 Å². The molecule has 2 nitrogen and oxygen atoms in total. The third kappa shape index (κ3) is 2.15. The molecule has 0 bridgehead atoms. The van der Waals surface area contributed by atoms with Crippen molar-refractivity contribution in [3.8, 4) is 0 Å². The van der Waals surface area contributed by atoms with Crippen molar-refractivity contribution in [2.45, 2.75) is 43.8 Å². The lowest BCUT2D eigenvalue weighted by atomic mass is 10.2. The van der Waals surface area contributed by atoms with Crippen LogP contribution >= 0.6 is 11.8 Å². The Labute approximate surface area is 78.4 Å². The molecule has 0 amide bonds. The molecule has 0 radical (unpaired) electrons. The minimum atomic E-state index is 0.343. The Balaban J connectivity index is 1.72. The van der Waals surface area contributed by atoms with Gasteiger partial charge in [-0.15, -0.1) is 0 Å². The number of nitrogens with one attached hydrogen (secondary N) is 1. The summed E-state index contributed by atoms with van der Waals surface area (Å²) in [5.74, 6) is 1.35. The SMILES string of the molecule is CC1CNC(CC2CCCS2)O1. The first kappa shape index (κ1) is 8.85. The van der Waals surface area contributed by atoms with E-state index in [1.165, 1.54) is 25.0 Å². The summed E-state index contributed by atoms with van der Waals surface area (Å²) in [5, 5.41) is 4.25. The van der Waals surface area contributed by atoms with E-state index in [9.17, 15) is 0 Å². The van der Waals surface area contributed by atoms with Crippen LogP contribution in [0.1, 0.15) is 26.2 Å². The van der Waals surface area contributed by atoms with E-state index in [0.717, 1.165) is 11.8 Å². The highest BCUT2D eigenvalue weighted by molar-refractivity contribution is 8.00. The lowest BCUT2D eigenvalue weighted by Crippen LogP contribution is -2.25. The molecular weight excluding hydrogens is 170 g/mol. The molecule has 0 saturated carbocycles. The molecule has 12 heavy (non-hydrogen) atoms. The number of hydrogen-bond acceptors (Lipinski definition) is 3. The fourth-order valence-corrected chi connectivity index (χ4v) is 3.19. The maximum atomic E-state index is 5.70. The molecule has 3 heteroatoms. The Morgan fingerprint density at radius 3 is 3.08 bits per heavy atom. The van der Waals surface area contributed by atoms with Crippen molar-refractivity contribution in [2.75, 3.05) is 12.3 Å². The van der Waals surface area contributed by atoms with Crippen molar-refractivity contribution in [3.63, 3.8) is 0 Å². The minimum Gasteiger partial charge on any atom is -0.359 e. The van der Waals surface area contributed by atoms with Crippen LogP contribution in [-0.4, -0.2) is 29.9 Å². The first-order chi connectivity index (χ1) is 5.84. The first-order valence-electron chi connectivity index (χ1n) is 4.85. The van der Waals surface area contributed by atoms with Crippen LogP contribution < -0.4 is 5.32 Å². The zero-order chi connectivity index (χ0) is 8.39. The van der Waals surface area contributed by atoms with E-state index in [4.69, 9.17) is 4.74 Å². The highest BCUT2D eigenvalue weighted by Crippen LogP contribution is 2.30. The van der Waals surface area contributed by atoms with Crippen LogP contribution in [0.5, 0.6) is 0 Å². The van der Waals surface area contributed by atoms with E-state index in [2.05, 4.69) is 24.0 Å². The van der Waals surface area contributed by atoms with E-state index in [-0.39, 0.29) is 0 Å². The van der Waals surface area contributed by atoms with Gasteiger partial charge in [0.05, 0.1) is 6.10 Å². The Kier molecular flexibility index (Phi) is 2.94. The first-order valence-corrected chi connectivity index (χ1v) is 5.90. The Morgan fingerprint density at radius 1 is 1.58 bits per heavy atom. The largest absolute Gasteiger partial charge is 0.359 e. The Bertz CT molecular complexity index is 147. The van der Waals surface area contributed by atoms with E-state index < -0.39 is 0 Å². The van der Waals surface area contributed by atoms with Crippen LogP contribution in [0.3, 0.4) is 0 Å². The normalized spacial score (nSPS) is 42.2. The maximum absolute atomic E-state index is 5.70. The molecule has 70 valence electrons. The quantitative estimate of drug-likeness (QED) is 0.709. The third-order valence-electron chi connectivity index (χ3n) is 2.53. The Hall–Kier alpha value is 0.270. The molecule has 0 aromatic heterocycles. The van der Waals surface area contributed by atoms with E-state index in [1.54, 1.807) is 0 Å². The standard InChI is InChI=1S/C9H17NOS/c1-7-6-10-9(11-7)5-8-3-2-4-12-8/h7-10H,2-6H2,1H3. The molecule has 2 heterocycles. The van der Waals surface area contributed by atoms with Crippen molar-refractivity contribution in [3.05, 3.63) is 0 Å². The van der Waals surface area contributed by atoms with Crippen LogP contribution in [0.15, 0.2) is 0 Å². The molecule has 3 atom stereocenters. The van der Waals surface area contributed by atoms with Gasteiger partial charge in [-0.05, 0) is 31.9 Å². The van der Waals surface area contributed by atoms with Gasteiger partial charge in [-0.25, -0.2) is 0 Å². The second kappa shape index (κ2) is 3.99. The second-order valence-corrected chi connectivity index (χ2v) is 5.12. The molecule has 0 aliphatic carbocycles. The predicted octanol–water partition coefficient (Wildman–Crippen LogP) is 1.61. The summed E-state index contributed by atoms with van der Waals surface area (Å²) in [4.78, 5) is 0. The summed E-state index contributed by atoms with van der Waals surface area (Å²) in [6, 6.07) is 0. The molecule has 2 aliphatic heterocycles. The average Bonchev–Trinajstić information content (AvgIpc) is 2.63.